The lowest BCUT2D eigenvalue weighted by Crippen LogP contribution is -2.08. The van der Waals surface area contributed by atoms with Crippen LogP contribution in [-0.2, 0) is 0 Å². The molecule has 1 N–H and O–H groups in total. The summed E-state index contributed by atoms with van der Waals surface area (Å²) in [5.74, 6) is 0.643. The van der Waals surface area contributed by atoms with E-state index >= 15 is 0 Å². The van der Waals surface area contributed by atoms with Crippen molar-refractivity contribution < 1.29 is 0 Å². The number of nitrogens with one attached hydrogen (secondary N) is 1. The molecule has 1 aromatic heterocycles. The van der Waals surface area contributed by atoms with Crippen molar-refractivity contribution in [3.05, 3.63) is 29.6 Å². The van der Waals surface area contributed by atoms with E-state index in [2.05, 4.69) is 23.3 Å². The molecule has 12 heavy (non-hydrogen) atoms. The molecule has 0 saturated carbocycles. The van der Waals surface area contributed by atoms with Gasteiger partial charge in [0.2, 0.25) is 0 Å². The monoisotopic (exact) mass is 162 g/mol. The molecule has 0 bridgehead atoms. The van der Waals surface area contributed by atoms with E-state index in [4.69, 9.17) is 0 Å². The van der Waals surface area contributed by atoms with Gasteiger partial charge in [0.25, 0.3) is 0 Å². The van der Waals surface area contributed by atoms with Gasteiger partial charge in [-0.25, -0.2) is 0 Å². The van der Waals surface area contributed by atoms with Crippen LogP contribution in [0.15, 0.2) is 18.3 Å². The second-order valence-electron chi connectivity index (χ2n) is 3.45. The van der Waals surface area contributed by atoms with Crippen LogP contribution in [0.5, 0.6) is 0 Å². The van der Waals surface area contributed by atoms with E-state index < -0.39 is 0 Å². The standard InChI is InChI=1S/C10H14N2/c1-8-2-5-12-10(6-8)9-3-4-11-7-9/h2,5-6,9,11H,3-4,7H2,1H3/t9-/m1/s1. The minimum Gasteiger partial charge on any atom is -0.316 e. The normalized spacial score (nSPS) is 22.9. The molecule has 2 heterocycles. The van der Waals surface area contributed by atoms with E-state index in [-0.39, 0.29) is 0 Å². The fraction of sp³-hybridized carbons (Fsp3) is 0.500. The maximum atomic E-state index is 4.38. The summed E-state index contributed by atoms with van der Waals surface area (Å²) < 4.78 is 0. The first-order valence-electron chi connectivity index (χ1n) is 4.49. The molecule has 1 aliphatic rings. The summed E-state index contributed by atoms with van der Waals surface area (Å²) in [6, 6.07) is 4.24. The molecule has 0 amide bonds. The Morgan fingerprint density at radius 1 is 1.58 bits per heavy atom. The van der Waals surface area contributed by atoms with Gasteiger partial charge in [0.05, 0.1) is 0 Å². The van der Waals surface area contributed by atoms with Crippen molar-refractivity contribution in [2.24, 2.45) is 0 Å². The van der Waals surface area contributed by atoms with Gasteiger partial charge in [0, 0.05) is 24.4 Å². The Balaban J connectivity index is 2.21. The molecule has 1 aromatic rings. The smallest absolute Gasteiger partial charge is 0.0450 e. The molecule has 1 fully saturated rings. The van der Waals surface area contributed by atoms with Crippen LogP contribution in [-0.4, -0.2) is 18.1 Å². The van der Waals surface area contributed by atoms with Crippen molar-refractivity contribution in [2.45, 2.75) is 19.3 Å². The Labute approximate surface area is 73.0 Å². The molecular weight excluding hydrogens is 148 g/mol. The van der Waals surface area contributed by atoms with Gasteiger partial charge >= 0.3 is 0 Å². The van der Waals surface area contributed by atoms with Crippen molar-refractivity contribution in [1.82, 2.24) is 10.3 Å². The number of nitrogens with zero attached hydrogens (tertiary/aromatic N) is 1. The van der Waals surface area contributed by atoms with Crippen LogP contribution in [0.25, 0.3) is 0 Å². The van der Waals surface area contributed by atoms with Gasteiger partial charge in [-0.2, -0.15) is 0 Å². The van der Waals surface area contributed by atoms with Crippen LogP contribution >= 0.6 is 0 Å². The lowest BCUT2D eigenvalue weighted by Gasteiger charge is -2.07. The highest BCUT2D eigenvalue weighted by molar-refractivity contribution is 5.18. The van der Waals surface area contributed by atoms with Crippen molar-refractivity contribution >= 4 is 0 Å². The van der Waals surface area contributed by atoms with E-state index in [1.165, 1.54) is 17.7 Å². The van der Waals surface area contributed by atoms with Crippen molar-refractivity contribution in [1.29, 1.82) is 0 Å². The summed E-state index contributed by atoms with van der Waals surface area (Å²) in [4.78, 5) is 4.38. The molecule has 1 aliphatic heterocycles. The average molecular weight is 162 g/mol. The first kappa shape index (κ1) is 7.74. The van der Waals surface area contributed by atoms with Gasteiger partial charge in [-0.05, 0) is 37.6 Å². The number of hydrogen-bond donors (Lipinski definition) is 1. The lowest BCUT2D eigenvalue weighted by molar-refractivity contribution is 0.734. The van der Waals surface area contributed by atoms with Gasteiger partial charge in [-0.15, -0.1) is 0 Å². The van der Waals surface area contributed by atoms with E-state index in [0.717, 1.165) is 13.1 Å². The van der Waals surface area contributed by atoms with Crippen LogP contribution in [0, 0.1) is 6.92 Å². The van der Waals surface area contributed by atoms with Crippen LogP contribution in [0.3, 0.4) is 0 Å². The molecule has 0 spiro atoms. The fourth-order valence-corrected chi connectivity index (χ4v) is 1.69. The zero-order valence-electron chi connectivity index (χ0n) is 7.38. The third-order valence-corrected chi connectivity index (χ3v) is 2.42. The quantitative estimate of drug-likeness (QED) is 0.676. The van der Waals surface area contributed by atoms with Crippen LogP contribution in [0.1, 0.15) is 23.6 Å². The number of aromatic nitrogens is 1. The molecule has 1 atom stereocenters. The van der Waals surface area contributed by atoms with Gasteiger partial charge < -0.3 is 5.32 Å². The van der Waals surface area contributed by atoms with Crippen molar-refractivity contribution in [3.63, 3.8) is 0 Å². The number of pyridine rings is 1. The zero-order valence-corrected chi connectivity index (χ0v) is 7.38. The zero-order chi connectivity index (χ0) is 8.39. The highest BCUT2D eigenvalue weighted by Gasteiger charge is 2.17. The van der Waals surface area contributed by atoms with Crippen LogP contribution < -0.4 is 5.32 Å². The Morgan fingerprint density at radius 3 is 3.17 bits per heavy atom. The molecule has 0 aromatic carbocycles. The summed E-state index contributed by atoms with van der Waals surface area (Å²) in [7, 11) is 0. The molecule has 1 saturated heterocycles. The van der Waals surface area contributed by atoms with E-state index in [9.17, 15) is 0 Å². The summed E-state index contributed by atoms with van der Waals surface area (Å²) in [6.07, 6.45) is 3.14. The van der Waals surface area contributed by atoms with Gasteiger partial charge in [-0.3, -0.25) is 4.98 Å². The molecule has 0 unspecified atom stereocenters. The van der Waals surface area contributed by atoms with Gasteiger partial charge in [-0.1, -0.05) is 0 Å². The summed E-state index contributed by atoms with van der Waals surface area (Å²) in [5.41, 5.74) is 2.56. The number of aryl methyl sites for hydroxylation is 1. The molecule has 2 heteroatoms. The highest BCUT2D eigenvalue weighted by atomic mass is 14.9. The molecule has 2 rings (SSSR count). The highest BCUT2D eigenvalue weighted by Crippen LogP contribution is 2.20. The summed E-state index contributed by atoms with van der Waals surface area (Å²) >= 11 is 0. The van der Waals surface area contributed by atoms with Gasteiger partial charge in [0.15, 0.2) is 0 Å². The molecule has 64 valence electrons. The van der Waals surface area contributed by atoms with E-state index in [1.54, 1.807) is 0 Å². The molecule has 0 aliphatic carbocycles. The Morgan fingerprint density at radius 2 is 2.50 bits per heavy atom. The molecule has 0 radical (unpaired) electrons. The first-order chi connectivity index (χ1) is 5.86. The van der Waals surface area contributed by atoms with Crippen LogP contribution in [0.4, 0.5) is 0 Å². The Kier molecular flexibility index (Phi) is 2.09. The molecule has 2 nitrogen and oxygen atoms in total. The minimum atomic E-state index is 0.643. The second-order valence-corrected chi connectivity index (χ2v) is 3.45. The topological polar surface area (TPSA) is 24.9 Å². The summed E-state index contributed by atoms with van der Waals surface area (Å²) in [5, 5.41) is 3.35. The number of rotatable bonds is 1. The second kappa shape index (κ2) is 3.23. The Hall–Kier alpha value is -0.890. The number of hydrogen-bond acceptors (Lipinski definition) is 2. The lowest BCUT2D eigenvalue weighted by atomic mass is 10.0. The predicted octanol–water partition coefficient (Wildman–Crippen LogP) is 1.47. The maximum Gasteiger partial charge on any atom is 0.0450 e. The van der Waals surface area contributed by atoms with E-state index in [0.29, 0.717) is 5.92 Å². The SMILES string of the molecule is Cc1ccnc([C@@H]2CCNC2)c1. The third-order valence-electron chi connectivity index (χ3n) is 2.42. The Bertz CT molecular complexity index is 264. The average Bonchev–Trinajstić information content (AvgIpc) is 2.56. The first-order valence-corrected chi connectivity index (χ1v) is 4.49. The van der Waals surface area contributed by atoms with Crippen molar-refractivity contribution in [2.75, 3.05) is 13.1 Å². The maximum absolute atomic E-state index is 4.38. The molecular formula is C10H14N2. The summed E-state index contributed by atoms with van der Waals surface area (Å²) in [6.45, 7) is 4.35. The van der Waals surface area contributed by atoms with Crippen LogP contribution in [0.2, 0.25) is 0 Å². The third kappa shape index (κ3) is 1.48. The van der Waals surface area contributed by atoms with Crippen molar-refractivity contribution in [3.8, 4) is 0 Å². The predicted molar refractivity (Wildman–Crippen MR) is 49.2 cm³/mol. The minimum absolute atomic E-state index is 0.643. The largest absolute Gasteiger partial charge is 0.316 e. The van der Waals surface area contributed by atoms with Gasteiger partial charge in [0.1, 0.15) is 0 Å². The van der Waals surface area contributed by atoms with E-state index in [1.807, 2.05) is 12.3 Å². The fourth-order valence-electron chi connectivity index (χ4n) is 1.69.